The number of amides is 2. The average Bonchev–Trinajstić information content (AvgIpc) is 3.39. The topological polar surface area (TPSA) is 144 Å². The number of aromatic amines is 1. The first-order chi connectivity index (χ1) is 14.5. The van der Waals surface area contributed by atoms with Crippen LogP contribution in [-0.4, -0.2) is 36.8 Å². The number of benzene rings is 1. The van der Waals surface area contributed by atoms with Crippen LogP contribution in [0.4, 0.5) is 17.3 Å². The summed E-state index contributed by atoms with van der Waals surface area (Å²) >= 11 is 0. The molecule has 3 heterocycles. The number of pyridine rings is 1. The molecule has 0 fully saturated rings. The minimum Gasteiger partial charge on any atom is -0.383 e. The second kappa shape index (κ2) is 7.87. The Morgan fingerprint density at radius 3 is 2.67 bits per heavy atom. The number of nitrogens with zero attached hydrogens (tertiary/aromatic N) is 4. The van der Waals surface area contributed by atoms with Crippen molar-refractivity contribution in [3.63, 3.8) is 0 Å². The minimum atomic E-state index is -0.441. The predicted molar refractivity (Wildman–Crippen MR) is 111 cm³/mol. The van der Waals surface area contributed by atoms with Crippen molar-refractivity contribution in [1.29, 1.82) is 0 Å². The fourth-order valence-electron chi connectivity index (χ4n) is 2.80. The first-order valence-electron chi connectivity index (χ1n) is 9.00. The van der Waals surface area contributed by atoms with Gasteiger partial charge in [-0.15, -0.1) is 0 Å². The van der Waals surface area contributed by atoms with E-state index in [0.717, 1.165) is 5.56 Å². The summed E-state index contributed by atoms with van der Waals surface area (Å²) in [7, 11) is 0. The fraction of sp³-hybridized carbons (Fsp3) is 0.0500. The molecule has 4 aromatic rings. The van der Waals surface area contributed by atoms with Gasteiger partial charge >= 0.3 is 0 Å². The lowest BCUT2D eigenvalue weighted by atomic mass is 10.1. The lowest BCUT2D eigenvalue weighted by molar-refractivity contribution is 0.101. The SMILES string of the molecule is Cc1ccc(C(=O)Nc2ccn[nH]2)cc1NC(=O)c1cnn(-c2ccccn2)c1N. The van der Waals surface area contributed by atoms with Crippen LogP contribution in [0.15, 0.2) is 61.1 Å². The number of rotatable bonds is 5. The zero-order valence-corrected chi connectivity index (χ0v) is 16.0. The van der Waals surface area contributed by atoms with Crippen molar-refractivity contribution in [2.24, 2.45) is 0 Å². The molecule has 0 spiro atoms. The van der Waals surface area contributed by atoms with E-state index in [-0.39, 0.29) is 17.3 Å². The van der Waals surface area contributed by atoms with E-state index in [4.69, 9.17) is 5.73 Å². The summed E-state index contributed by atoms with van der Waals surface area (Å²) in [6.07, 6.45) is 4.52. The molecule has 30 heavy (non-hydrogen) atoms. The molecule has 0 bridgehead atoms. The van der Waals surface area contributed by atoms with Crippen molar-refractivity contribution in [3.8, 4) is 5.82 Å². The standard InChI is InChI=1S/C20H18N8O2/c1-12-5-6-13(19(29)26-16-7-9-23-27-16)10-15(12)25-20(30)14-11-24-28(18(14)21)17-4-2-3-8-22-17/h2-11H,21H2,1H3,(H,25,30)(H2,23,26,27,29). The van der Waals surface area contributed by atoms with E-state index < -0.39 is 5.91 Å². The molecule has 0 saturated heterocycles. The zero-order valence-electron chi connectivity index (χ0n) is 16.0. The van der Waals surface area contributed by atoms with Gasteiger partial charge in [-0.25, -0.2) is 4.98 Å². The first kappa shape index (κ1) is 18.9. The third-order valence-corrected chi connectivity index (χ3v) is 4.41. The number of hydrogen-bond donors (Lipinski definition) is 4. The number of aryl methyl sites for hydroxylation is 1. The van der Waals surface area contributed by atoms with Gasteiger partial charge in [0.15, 0.2) is 5.82 Å². The van der Waals surface area contributed by atoms with Crippen LogP contribution in [0.5, 0.6) is 0 Å². The van der Waals surface area contributed by atoms with Crippen LogP contribution in [0.1, 0.15) is 26.3 Å². The molecular formula is C20H18N8O2. The van der Waals surface area contributed by atoms with Gasteiger partial charge in [0.25, 0.3) is 11.8 Å². The molecule has 1 aromatic carbocycles. The average molecular weight is 402 g/mol. The molecule has 5 N–H and O–H groups in total. The summed E-state index contributed by atoms with van der Waals surface area (Å²) in [4.78, 5) is 29.4. The second-order valence-electron chi connectivity index (χ2n) is 6.45. The highest BCUT2D eigenvalue weighted by Crippen LogP contribution is 2.21. The quantitative estimate of drug-likeness (QED) is 0.403. The van der Waals surface area contributed by atoms with Crippen molar-refractivity contribution in [3.05, 3.63) is 77.7 Å². The predicted octanol–water partition coefficient (Wildman–Crippen LogP) is 2.39. The molecule has 4 rings (SSSR count). The Labute approximate surface area is 171 Å². The lowest BCUT2D eigenvalue weighted by Gasteiger charge is -2.11. The van der Waals surface area contributed by atoms with Crippen LogP contribution in [0.25, 0.3) is 5.82 Å². The highest BCUT2D eigenvalue weighted by atomic mass is 16.2. The Kier molecular flexibility index (Phi) is 4.95. The summed E-state index contributed by atoms with van der Waals surface area (Å²) in [5.74, 6) is 0.363. The molecule has 0 radical (unpaired) electrons. The van der Waals surface area contributed by atoms with Crippen molar-refractivity contribution < 1.29 is 9.59 Å². The second-order valence-corrected chi connectivity index (χ2v) is 6.45. The third kappa shape index (κ3) is 3.74. The summed E-state index contributed by atoms with van der Waals surface area (Å²) in [6, 6.07) is 12.0. The molecule has 0 aliphatic heterocycles. The van der Waals surface area contributed by atoms with E-state index in [1.54, 1.807) is 48.7 Å². The van der Waals surface area contributed by atoms with Gasteiger partial charge in [0.1, 0.15) is 17.2 Å². The normalized spacial score (nSPS) is 10.6. The molecule has 0 aliphatic carbocycles. The summed E-state index contributed by atoms with van der Waals surface area (Å²) in [5, 5.41) is 16.1. The number of anilines is 3. The molecule has 2 amide bonds. The molecule has 150 valence electrons. The molecule has 0 aliphatic rings. The smallest absolute Gasteiger partial charge is 0.261 e. The Bertz CT molecular complexity index is 1200. The van der Waals surface area contributed by atoms with Crippen molar-refractivity contribution in [1.82, 2.24) is 25.0 Å². The maximum absolute atomic E-state index is 12.8. The van der Waals surface area contributed by atoms with E-state index in [9.17, 15) is 9.59 Å². The van der Waals surface area contributed by atoms with Crippen LogP contribution < -0.4 is 16.4 Å². The van der Waals surface area contributed by atoms with Gasteiger partial charge in [-0.3, -0.25) is 14.7 Å². The summed E-state index contributed by atoms with van der Waals surface area (Å²) < 4.78 is 1.38. The minimum absolute atomic E-state index is 0.164. The van der Waals surface area contributed by atoms with E-state index in [1.807, 2.05) is 6.92 Å². The van der Waals surface area contributed by atoms with Gasteiger partial charge < -0.3 is 16.4 Å². The van der Waals surface area contributed by atoms with Gasteiger partial charge in [0.2, 0.25) is 0 Å². The maximum atomic E-state index is 12.8. The van der Waals surface area contributed by atoms with Crippen LogP contribution >= 0.6 is 0 Å². The number of carbonyl (C=O) groups is 2. The Hall–Kier alpha value is -4.47. The fourth-order valence-corrected chi connectivity index (χ4v) is 2.80. The molecule has 3 aromatic heterocycles. The number of nitrogen functional groups attached to an aromatic ring is 1. The molecule has 0 unspecified atom stereocenters. The van der Waals surface area contributed by atoms with Gasteiger partial charge in [0, 0.05) is 23.5 Å². The number of nitrogens with two attached hydrogens (primary N) is 1. The third-order valence-electron chi connectivity index (χ3n) is 4.41. The molecule has 10 nitrogen and oxygen atoms in total. The van der Waals surface area contributed by atoms with E-state index in [1.165, 1.54) is 17.1 Å². The van der Waals surface area contributed by atoms with E-state index in [2.05, 4.69) is 30.9 Å². The molecule has 10 heteroatoms. The van der Waals surface area contributed by atoms with E-state index in [0.29, 0.717) is 22.9 Å². The molecular weight excluding hydrogens is 384 g/mol. The lowest BCUT2D eigenvalue weighted by Crippen LogP contribution is -2.16. The van der Waals surface area contributed by atoms with Gasteiger partial charge in [-0.05, 0) is 36.8 Å². The highest BCUT2D eigenvalue weighted by molar-refractivity contribution is 6.09. The number of hydrogen-bond acceptors (Lipinski definition) is 6. The zero-order chi connectivity index (χ0) is 21.1. The van der Waals surface area contributed by atoms with Gasteiger partial charge in [-0.1, -0.05) is 12.1 Å². The monoisotopic (exact) mass is 402 g/mol. The maximum Gasteiger partial charge on any atom is 0.261 e. The van der Waals surface area contributed by atoms with Crippen molar-refractivity contribution >= 4 is 29.1 Å². The number of H-pyrrole nitrogens is 1. The van der Waals surface area contributed by atoms with E-state index >= 15 is 0 Å². The highest BCUT2D eigenvalue weighted by Gasteiger charge is 2.18. The largest absolute Gasteiger partial charge is 0.383 e. The number of carbonyl (C=O) groups excluding carboxylic acids is 2. The van der Waals surface area contributed by atoms with Crippen molar-refractivity contribution in [2.45, 2.75) is 6.92 Å². The molecule has 0 saturated carbocycles. The van der Waals surface area contributed by atoms with Crippen LogP contribution in [0.2, 0.25) is 0 Å². The summed E-state index contributed by atoms with van der Waals surface area (Å²) in [6.45, 7) is 1.83. The van der Waals surface area contributed by atoms with Gasteiger partial charge in [0.05, 0.1) is 12.4 Å². The molecule has 0 atom stereocenters. The van der Waals surface area contributed by atoms with Crippen LogP contribution in [0.3, 0.4) is 0 Å². The van der Waals surface area contributed by atoms with Crippen LogP contribution in [0, 0.1) is 6.92 Å². The van der Waals surface area contributed by atoms with Gasteiger partial charge in [-0.2, -0.15) is 14.9 Å². The Morgan fingerprint density at radius 2 is 1.93 bits per heavy atom. The summed E-state index contributed by atoms with van der Waals surface area (Å²) in [5.41, 5.74) is 7.96. The van der Waals surface area contributed by atoms with Crippen LogP contribution in [-0.2, 0) is 0 Å². The van der Waals surface area contributed by atoms with Crippen molar-refractivity contribution in [2.75, 3.05) is 16.4 Å². The Balaban J connectivity index is 1.55. The Morgan fingerprint density at radius 1 is 1.07 bits per heavy atom. The number of nitrogens with one attached hydrogen (secondary N) is 3. The first-order valence-corrected chi connectivity index (χ1v) is 9.00. The number of aromatic nitrogens is 5.